The van der Waals surface area contributed by atoms with Crippen molar-refractivity contribution in [3.63, 3.8) is 0 Å². The average Bonchev–Trinajstić information content (AvgIpc) is 2.53. The summed E-state index contributed by atoms with van der Waals surface area (Å²) in [5.74, 6) is 0.0572. The van der Waals surface area contributed by atoms with Crippen molar-refractivity contribution in [1.29, 1.82) is 10.5 Å². The number of nitriles is 2. The first-order valence-electron chi connectivity index (χ1n) is 6.84. The zero-order valence-electron chi connectivity index (χ0n) is 12.4. The molecule has 6 nitrogen and oxygen atoms in total. The highest BCUT2D eigenvalue weighted by atomic mass is 16.5. The number of rotatable bonds is 8. The topological polar surface area (TPSA) is 94.2 Å². The van der Waals surface area contributed by atoms with E-state index in [0.29, 0.717) is 11.3 Å². The average molecular weight is 299 g/mol. The number of carbonyl (C=O) groups is 2. The smallest absolute Gasteiger partial charge is 0.260 e. The summed E-state index contributed by atoms with van der Waals surface area (Å²) in [4.78, 5) is 24.8. The van der Waals surface area contributed by atoms with Gasteiger partial charge in [-0.25, -0.2) is 0 Å². The molecular formula is C16H17N3O3. The Hall–Kier alpha value is -2.86. The highest BCUT2D eigenvalue weighted by molar-refractivity contribution is 5.94. The van der Waals surface area contributed by atoms with Gasteiger partial charge in [0.05, 0.1) is 25.0 Å². The minimum atomic E-state index is -0.293. The fourth-order valence-electron chi connectivity index (χ4n) is 1.77. The predicted molar refractivity (Wildman–Crippen MR) is 79.0 cm³/mol. The molecule has 1 aromatic rings. The van der Waals surface area contributed by atoms with Gasteiger partial charge in [0.15, 0.2) is 12.4 Å². The molecule has 1 rings (SSSR count). The summed E-state index contributed by atoms with van der Waals surface area (Å²) >= 11 is 0. The van der Waals surface area contributed by atoms with Crippen molar-refractivity contribution in [2.45, 2.75) is 19.8 Å². The van der Waals surface area contributed by atoms with Crippen molar-refractivity contribution < 1.29 is 14.3 Å². The summed E-state index contributed by atoms with van der Waals surface area (Å²) in [6.45, 7) is 1.80. The second-order valence-corrected chi connectivity index (χ2v) is 4.57. The van der Waals surface area contributed by atoms with Crippen LogP contribution in [0.5, 0.6) is 5.75 Å². The lowest BCUT2D eigenvalue weighted by Crippen LogP contribution is -2.36. The molecule has 1 amide bonds. The van der Waals surface area contributed by atoms with Gasteiger partial charge < -0.3 is 9.64 Å². The van der Waals surface area contributed by atoms with Crippen LogP contribution in [0.4, 0.5) is 0 Å². The molecule has 0 aliphatic carbocycles. The minimum absolute atomic E-state index is 0.0820. The fraction of sp³-hybridized carbons (Fsp3) is 0.375. The molecule has 0 fully saturated rings. The Morgan fingerprint density at radius 3 is 2.36 bits per heavy atom. The molecule has 0 aliphatic rings. The van der Waals surface area contributed by atoms with Gasteiger partial charge in [-0.15, -0.1) is 0 Å². The summed E-state index contributed by atoms with van der Waals surface area (Å²) in [5, 5.41) is 17.2. The van der Waals surface area contributed by atoms with E-state index in [9.17, 15) is 9.59 Å². The highest BCUT2D eigenvalue weighted by Gasteiger charge is 2.14. The van der Waals surface area contributed by atoms with Crippen molar-refractivity contribution in [2.75, 3.05) is 19.7 Å². The number of carbonyl (C=O) groups excluding carboxylic acids is 2. The van der Waals surface area contributed by atoms with E-state index in [4.69, 9.17) is 15.3 Å². The third-order valence-electron chi connectivity index (χ3n) is 2.94. The SMILES string of the molecule is CC(=O)c1cccc(OCC(=O)N(CCC#N)CCC#N)c1. The van der Waals surface area contributed by atoms with Gasteiger partial charge in [-0.1, -0.05) is 12.1 Å². The minimum Gasteiger partial charge on any atom is -0.484 e. The number of ether oxygens (including phenoxy) is 1. The van der Waals surface area contributed by atoms with Crippen LogP contribution in [0, 0.1) is 22.7 Å². The second kappa shape index (κ2) is 9.15. The van der Waals surface area contributed by atoms with Crippen LogP contribution in [0.15, 0.2) is 24.3 Å². The lowest BCUT2D eigenvalue weighted by atomic mass is 10.1. The van der Waals surface area contributed by atoms with Gasteiger partial charge in [-0.2, -0.15) is 10.5 Å². The van der Waals surface area contributed by atoms with E-state index in [0.717, 1.165) is 0 Å². The molecule has 114 valence electrons. The van der Waals surface area contributed by atoms with Crippen LogP contribution >= 0.6 is 0 Å². The first-order chi connectivity index (χ1) is 10.6. The standard InChI is InChI=1S/C16H17N3O3/c1-13(20)14-5-2-6-15(11-14)22-12-16(21)19(9-3-7-17)10-4-8-18/h2,5-6,11H,3-4,9-10,12H2,1H3. The summed E-state index contributed by atoms with van der Waals surface area (Å²) in [5.41, 5.74) is 0.510. The molecule has 0 unspecified atom stereocenters. The van der Waals surface area contributed by atoms with Crippen LogP contribution in [0.25, 0.3) is 0 Å². The number of benzene rings is 1. The van der Waals surface area contributed by atoms with E-state index in [1.54, 1.807) is 24.3 Å². The molecular weight excluding hydrogens is 282 g/mol. The first-order valence-corrected chi connectivity index (χ1v) is 6.84. The van der Waals surface area contributed by atoms with Crippen LogP contribution in [0.3, 0.4) is 0 Å². The van der Waals surface area contributed by atoms with Gasteiger partial charge in [0, 0.05) is 18.7 Å². The van der Waals surface area contributed by atoms with Crippen molar-refractivity contribution >= 4 is 11.7 Å². The van der Waals surface area contributed by atoms with Crippen molar-refractivity contribution in [1.82, 2.24) is 4.90 Å². The number of Topliss-reactive ketones (excluding diaryl/α,β-unsaturated/α-hetero) is 1. The maximum atomic E-state index is 12.1. The summed E-state index contributed by atoms with van der Waals surface area (Å²) in [6.07, 6.45) is 0.411. The van der Waals surface area contributed by atoms with Crippen molar-refractivity contribution in [3.05, 3.63) is 29.8 Å². The number of nitrogens with zero attached hydrogens (tertiary/aromatic N) is 3. The Morgan fingerprint density at radius 1 is 1.18 bits per heavy atom. The van der Waals surface area contributed by atoms with Crippen molar-refractivity contribution in [2.24, 2.45) is 0 Å². The lowest BCUT2D eigenvalue weighted by molar-refractivity contribution is -0.133. The van der Waals surface area contributed by atoms with E-state index < -0.39 is 0 Å². The molecule has 6 heteroatoms. The maximum absolute atomic E-state index is 12.1. The molecule has 0 saturated heterocycles. The third-order valence-corrected chi connectivity index (χ3v) is 2.94. The van der Waals surface area contributed by atoms with E-state index >= 15 is 0 Å². The normalized spacial score (nSPS) is 9.41. The molecule has 0 aromatic heterocycles. The van der Waals surface area contributed by atoms with Crippen LogP contribution in [0.1, 0.15) is 30.1 Å². The Balaban J connectivity index is 2.62. The third kappa shape index (κ3) is 5.64. The molecule has 0 atom stereocenters. The number of ketones is 1. The zero-order chi connectivity index (χ0) is 16.4. The van der Waals surface area contributed by atoms with Gasteiger partial charge in [0.1, 0.15) is 5.75 Å². The largest absolute Gasteiger partial charge is 0.484 e. The zero-order valence-corrected chi connectivity index (χ0v) is 12.4. The molecule has 0 saturated carbocycles. The quantitative estimate of drug-likeness (QED) is 0.683. The molecule has 22 heavy (non-hydrogen) atoms. The summed E-state index contributed by atoms with van der Waals surface area (Å²) < 4.78 is 5.39. The number of hydrogen-bond donors (Lipinski definition) is 0. The van der Waals surface area contributed by atoms with E-state index in [1.807, 2.05) is 12.1 Å². The second-order valence-electron chi connectivity index (χ2n) is 4.57. The van der Waals surface area contributed by atoms with E-state index in [2.05, 4.69) is 0 Å². The Kier molecular flexibility index (Phi) is 7.15. The Bertz CT molecular complexity index is 596. The van der Waals surface area contributed by atoms with Gasteiger partial charge in [-0.3, -0.25) is 9.59 Å². The first kappa shape index (κ1) is 17.2. The van der Waals surface area contributed by atoms with Gasteiger partial charge in [-0.05, 0) is 19.1 Å². The summed E-state index contributed by atoms with van der Waals surface area (Å²) in [6, 6.07) is 10.5. The molecule has 0 bridgehead atoms. The van der Waals surface area contributed by atoms with Crippen LogP contribution in [-0.4, -0.2) is 36.3 Å². The summed E-state index contributed by atoms with van der Waals surface area (Å²) in [7, 11) is 0. The lowest BCUT2D eigenvalue weighted by Gasteiger charge is -2.20. The Labute approximate surface area is 129 Å². The van der Waals surface area contributed by atoms with Crippen LogP contribution < -0.4 is 4.74 Å². The molecule has 0 aliphatic heterocycles. The number of hydrogen-bond acceptors (Lipinski definition) is 5. The number of amides is 1. The molecule has 0 radical (unpaired) electrons. The van der Waals surface area contributed by atoms with Gasteiger partial charge in [0.25, 0.3) is 5.91 Å². The molecule has 0 N–H and O–H groups in total. The van der Waals surface area contributed by atoms with E-state index in [-0.39, 0.29) is 44.2 Å². The predicted octanol–water partition coefficient (Wildman–Crippen LogP) is 1.92. The Morgan fingerprint density at radius 2 is 1.82 bits per heavy atom. The molecule has 0 spiro atoms. The molecule has 1 aromatic carbocycles. The van der Waals surface area contributed by atoms with Crippen LogP contribution in [-0.2, 0) is 4.79 Å². The van der Waals surface area contributed by atoms with Crippen LogP contribution in [0.2, 0.25) is 0 Å². The van der Waals surface area contributed by atoms with Gasteiger partial charge >= 0.3 is 0 Å². The fourth-order valence-corrected chi connectivity index (χ4v) is 1.77. The van der Waals surface area contributed by atoms with E-state index in [1.165, 1.54) is 11.8 Å². The van der Waals surface area contributed by atoms with Crippen molar-refractivity contribution in [3.8, 4) is 17.9 Å². The van der Waals surface area contributed by atoms with Gasteiger partial charge in [0.2, 0.25) is 0 Å². The highest BCUT2D eigenvalue weighted by Crippen LogP contribution is 2.14. The maximum Gasteiger partial charge on any atom is 0.260 e. The molecule has 0 heterocycles. The monoisotopic (exact) mass is 299 g/mol.